The van der Waals surface area contributed by atoms with Gasteiger partial charge in [-0.25, -0.2) is 4.98 Å². The van der Waals surface area contributed by atoms with Crippen molar-refractivity contribution in [3.05, 3.63) is 80.5 Å². The van der Waals surface area contributed by atoms with Crippen molar-refractivity contribution in [1.29, 1.82) is 0 Å². The molecule has 1 N–H and O–H groups in total. The Morgan fingerprint density at radius 2 is 2.09 bits per heavy atom. The molecule has 166 valence electrons. The molecule has 3 heterocycles. The standard InChI is InChI=1S/C25H29N5OS/c1-17-19(15-29(2)28-17)14-26-20-10-11-21-22(13-20)32-24-23(21)25(31)30(16-27-24)12-6-9-18-7-4-3-5-8-18/h3-5,7-8,15-16,20,26H,6,9-14H2,1-2H3. The van der Waals surface area contributed by atoms with Crippen LogP contribution in [0.2, 0.25) is 0 Å². The highest BCUT2D eigenvalue weighted by Crippen LogP contribution is 2.33. The largest absolute Gasteiger partial charge is 0.309 e. The van der Waals surface area contributed by atoms with Crippen LogP contribution in [-0.2, 0) is 39.4 Å². The zero-order chi connectivity index (χ0) is 22.1. The molecular formula is C25H29N5OS. The van der Waals surface area contributed by atoms with Gasteiger partial charge in [0.05, 0.1) is 17.4 Å². The molecule has 0 bridgehead atoms. The SMILES string of the molecule is Cc1nn(C)cc1CNC1CCc2c(sc3ncn(CCCc4ccccc4)c(=O)c23)C1. The van der Waals surface area contributed by atoms with Crippen molar-refractivity contribution in [3.63, 3.8) is 0 Å². The average molecular weight is 448 g/mol. The lowest BCUT2D eigenvalue weighted by Gasteiger charge is -2.23. The van der Waals surface area contributed by atoms with Crippen LogP contribution in [0.15, 0.2) is 47.7 Å². The summed E-state index contributed by atoms with van der Waals surface area (Å²) >= 11 is 1.70. The maximum Gasteiger partial charge on any atom is 0.262 e. The van der Waals surface area contributed by atoms with E-state index in [1.54, 1.807) is 22.2 Å². The number of hydrogen-bond acceptors (Lipinski definition) is 5. The third kappa shape index (κ3) is 4.27. The molecule has 0 saturated heterocycles. The molecule has 4 aromatic rings. The third-order valence-electron chi connectivity index (χ3n) is 6.44. The van der Waals surface area contributed by atoms with Gasteiger partial charge < -0.3 is 5.32 Å². The Kier molecular flexibility index (Phi) is 5.93. The predicted octanol–water partition coefficient (Wildman–Crippen LogP) is 3.78. The van der Waals surface area contributed by atoms with Gasteiger partial charge >= 0.3 is 0 Å². The summed E-state index contributed by atoms with van der Waals surface area (Å²) in [6, 6.07) is 10.9. The van der Waals surface area contributed by atoms with Crippen LogP contribution in [0.3, 0.4) is 0 Å². The first kappa shape index (κ1) is 21.1. The van der Waals surface area contributed by atoms with Crippen LogP contribution in [0.1, 0.15) is 40.1 Å². The monoisotopic (exact) mass is 447 g/mol. The summed E-state index contributed by atoms with van der Waals surface area (Å²) in [5, 5.41) is 8.98. The number of rotatable bonds is 7. The Bertz CT molecular complexity index is 1290. The number of aryl methyl sites for hydroxylation is 5. The van der Waals surface area contributed by atoms with Crippen LogP contribution in [0.4, 0.5) is 0 Å². The quantitative estimate of drug-likeness (QED) is 0.468. The number of nitrogens with zero attached hydrogens (tertiary/aromatic N) is 4. The fraction of sp³-hybridized carbons (Fsp3) is 0.400. The van der Waals surface area contributed by atoms with Crippen LogP contribution in [0.25, 0.3) is 10.2 Å². The van der Waals surface area contributed by atoms with E-state index in [2.05, 4.69) is 52.8 Å². The van der Waals surface area contributed by atoms with Gasteiger partial charge in [-0.15, -0.1) is 11.3 Å². The summed E-state index contributed by atoms with van der Waals surface area (Å²) in [5.41, 5.74) is 4.99. The van der Waals surface area contributed by atoms with Crippen molar-refractivity contribution in [2.24, 2.45) is 7.05 Å². The van der Waals surface area contributed by atoms with E-state index in [1.165, 1.54) is 21.6 Å². The van der Waals surface area contributed by atoms with E-state index in [0.29, 0.717) is 12.6 Å². The molecule has 6 nitrogen and oxygen atoms in total. The van der Waals surface area contributed by atoms with Crippen molar-refractivity contribution in [1.82, 2.24) is 24.6 Å². The minimum absolute atomic E-state index is 0.123. The van der Waals surface area contributed by atoms with Crippen LogP contribution in [-0.4, -0.2) is 25.4 Å². The highest BCUT2D eigenvalue weighted by molar-refractivity contribution is 7.18. The topological polar surface area (TPSA) is 64.7 Å². The molecule has 1 unspecified atom stereocenters. The summed E-state index contributed by atoms with van der Waals surface area (Å²) in [4.78, 5) is 20.1. The van der Waals surface area contributed by atoms with E-state index in [4.69, 9.17) is 0 Å². The maximum absolute atomic E-state index is 13.2. The fourth-order valence-corrected chi connectivity index (χ4v) is 5.97. The lowest BCUT2D eigenvalue weighted by atomic mass is 9.93. The molecule has 0 fully saturated rings. The Balaban J connectivity index is 1.28. The summed E-state index contributed by atoms with van der Waals surface area (Å²) in [5.74, 6) is 0. The Labute approximate surface area is 191 Å². The van der Waals surface area contributed by atoms with Crippen molar-refractivity contribution < 1.29 is 0 Å². The first-order chi connectivity index (χ1) is 15.6. The van der Waals surface area contributed by atoms with Crippen molar-refractivity contribution >= 4 is 21.6 Å². The molecule has 7 heteroatoms. The van der Waals surface area contributed by atoms with E-state index in [0.717, 1.165) is 54.6 Å². The summed E-state index contributed by atoms with van der Waals surface area (Å²) in [6.45, 7) is 3.59. The second-order valence-corrected chi connectivity index (χ2v) is 9.83. The van der Waals surface area contributed by atoms with Gasteiger partial charge in [0.15, 0.2) is 0 Å². The normalized spacial score (nSPS) is 15.9. The van der Waals surface area contributed by atoms with E-state index >= 15 is 0 Å². The molecule has 0 saturated carbocycles. The summed E-state index contributed by atoms with van der Waals surface area (Å²) in [6.07, 6.45) is 8.66. The number of fused-ring (bicyclic) bond motifs is 3. The van der Waals surface area contributed by atoms with Gasteiger partial charge in [-0.2, -0.15) is 5.10 Å². The molecule has 1 aromatic carbocycles. The maximum atomic E-state index is 13.2. The molecule has 0 radical (unpaired) electrons. The van der Waals surface area contributed by atoms with E-state index in [9.17, 15) is 4.79 Å². The average Bonchev–Trinajstić information content (AvgIpc) is 3.33. The molecule has 3 aromatic heterocycles. The molecule has 1 atom stereocenters. The van der Waals surface area contributed by atoms with Gasteiger partial charge in [0.1, 0.15) is 4.83 Å². The van der Waals surface area contributed by atoms with Crippen molar-refractivity contribution in [2.75, 3.05) is 0 Å². The number of aromatic nitrogens is 4. The molecule has 32 heavy (non-hydrogen) atoms. The van der Waals surface area contributed by atoms with E-state index < -0.39 is 0 Å². The zero-order valence-electron chi connectivity index (χ0n) is 18.7. The second-order valence-electron chi connectivity index (χ2n) is 8.75. The van der Waals surface area contributed by atoms with Crippen LogP contribution < -0.4 is 10.9 Å². The molecule has 1 aliphatic carbocycles. The van der Waals surface area contributed by atoms with Crippen LogP contribution >= 0.6 is 11.3 Å². The van der Waals surface area contributed by atoms with Crippen molar-refractivity contribution in [2.45, 2.75) is 58.2 Å². The van der Waals surface area contributed by atoms with Gasteiger partial charge in [-0.1, -0.05) is 30.3 Å². The Morgan fingerprint density at radius 1 is 1.25 bits per heavy atom. The number of thiophene rings is 1. The predicted molar refractivity (Wildman–Crippen MR) is 129 cm³/mol. The highest BCUT2D eigenvalue weighted by atomic mass is 32.1. The lowest BCUT2D eigenvalue weighted by Crippen LogP contribution is -2.34. The van der Waals surface area contributed by atoms with E-state index in [1.807, 2.05) is 17.8 Å². The lowest BCUT2D eigenvalue weighted by molar-refractivity contribution is 0.462. The minimum Gasteiger partial charge on any atom is -0.309 e. The molecule has 0 spiro atoms. The molecule has 0 aliphatic heterocycles. The third-order valence-corrected chi connectivity index (χ3v) is 7.60. The van der Waals surface area contributed by atoms with Gasteiger partial charge in [0, 0.05) is 42.8 Å². The summed E-state index contributed by atoms with van der Waals surface area (Å²) < 4.78 is 3.67. The van der Waals surface area contributed by atoms with Crippen LogP contribution in [0.5, 0.6) is 0 Å². The zero-order valence-corrected chi connectivity index (χ0v) is 19.5. The fourth-order valence-electron chi connectivity index (χ4n) is 4.71. The van der Waals surface area contributed by atoms with Crippen molar-refractivity contribution in [3.8, 4) is 0 Å². The molecule has 0 amide bonds. The highest BCUT2D eigenvalue weighted by Gasteiger charge is 2.25. The van der Waals surface area contributed by atoms with Gasteiger partial charge in [-0.3, -0.25) is 14.0 Å². The first-order valence-corrected chi connectivity index (χ1v) is 12.2. The van der Waals surface area contributed by atoms with Gasteiger partial charge in [0.25, 0.3) is 5.56 Å². The molecule has 1 aliphatic rings. The first-order valence-electron chi connectivity index (χ1n) is 11.3. The van der Waals surface area contributed by atoms with E-state index in [-0.39, 0.29) is 5.56 Å². The summed E-state index contributed by atoms with van der Waals surface area (Å²) in [7, 11) is 1.96. The molecular weight excluding hydrogens is 418 g/mol. The van der Waals surface area contributed by atoms with Gasteiger partial charge in [-0.05, 0) is 50.2 Å². The minimum atomic E-state index is 0.123. The Morgan fingerprint density at radius 3 is 2.88 bits per heavy atom. The second kappa shape index (κ2) is 9.00. The van der Waals surface area contributed by atoms with Gasteiger partial charge in [0.2, 0.25) is 0 Å². The smallest absolute Gasteiger partial charge is 0.262 e. The number of benzene rings is 1. The van der Waals surface area contributed by atoms with Crippen LogP contribution in [0, 0.1) is 6.92 Å². The molecule has 5 rings (SSSR count). The Hall–Kier alpha value is -2.77. The number of nitrogens with one attached hydrogen (secondary N) is 1. The number of hydrogen-bond donors (Lipinski definition) is 1.